The number of ether oxygens (including phenoxy) is 2. The van der Waals surface area contributed by atoms with Crippen molar-refractivity contribution in [1.29, 1.82) is 0 Å². The predicted octanol–water partition coefficient (Wildman–Crippen LogP) is 3.95. The lowest BCUT2D eigenvalue weighted by Crippen LogP contribution is -2.49. The van der Waals surface area contributed by atoms with Gasteiger partial charge < -0.3 is 20.1 Å². The Morgan fingerprint density at radius 3 is 2.48 bits per heavy atom. The molecule has 2 N–H and O–H groups in total. The van der Waals surface area contributed by atoms with Crippen LogP contribution in [0.25, 0.3) is 0 Å². The molecule has 5 nitrogen and oxygen atoms in total. The minimum Gasteiger partial charge on any atom is -0.497 e. The van der Waals surface area contributed by atoms with Crippen molar-refractivity contribution in [3.63, 3.8) is 0 Å². The first-order valence-corrected chi connectivity index (χ1v) is 11.1. The Balaban J connectivity index is 1.66. The van der Waals surface area contributed by atoms with Crippen LogP contribution in [0.3, 0.4) is 0 Å². The van der Waals surface area contributed by atoms with E-state index < -0.39 is 0 Å². The summed E-state index contributed by atoms with van der Waals surface area (Å²) >= 11 is 1.80. The fourth-order valence-corrected chi connectivity index (χ4v) is 4.66. The van der Waals surface area contributed by atoms with Gasteiger partial charge in [-0.1, -0.05) is 32.0 Å². The van der Waals surface area contributed by atoms with Crippen LogP contribution >= 0.6 is 11.3 Å². The Morgan fingerprint density at radius 2 is 1.90 bits per heavy atom. The molecule has 0 saturated carbocycles. The third-order valence-corrected chi connectivity index (χ3v) is 7.09. The summed E-state index contributed by atoms with van der Waals surface area (Å²) in [6.45, 7) is 7.73. The smallest absolute Gasteiger partial charge is 0.191 e. The lowest BCUT2D eigenvalue weighted by molar-refractivity contribution is 0.0513. The average Bonchev–Trinajstić information content (AvgIpc) is 3.31. The van der Waals surface area contributed by atoms with E-state index in [4.69, 9.17) is 9.47 Å². The van der Waals surface area contributed by atoms with Gasteiger partial charge in [-0.25, -0.2) is 0 Å². The second-order valence-electron chi connectivity index (χ2n) is 8.26. The molecule has 29 heavy (non-hydrogen) atoms. The van der Waals surface area contributed by atoms with Crippen molar-refractivity contribution >= 4 is 17.3 Å². The number of rotatable bonds is 7. The van der Waals surface area contributed by atoms with Crippen molar-refractivity contribution in [3.8, 4) is 5.75 Å². The summed E-state index contributed by atoms with van der Waals surface area (Å²) in [7, 11) is 3.53. The second kappa shape index (κ2) is 9.63. The molecule has 2 heterocycles. The molecule has 158 valence electrons. The first-order valence-electron chi connectivity index (χ1n) is 10.2. The number of nitrogens with one attached hydrogen (secondary N) is 2. The van der Waals surface area contributed by atoms with Crippen molar-refractivity contribution in [2.24, 2.45) is 4.99 Å². The van der Waals surface area contributed by atoms with Gasteiger partial charge in [-0.05, 0) is 42.0 Å². The molecule has 1 aromatic heterocycles. The zero-order valence-corrected chi connectivity index (χ0v) is 18.8. The summed E-state index contributed by atoms with van der Waals surface area (Å²) < 4.78 is 11.0. The lowest BCUT2D eigenvalue weighted by Gasteiger charge is -2.38. The first kappa shape index (κ1) is 21.7. The molecule has 0 aliphatic carbocycles. The molecule has 1 fully saturated rings. The van der Waals surface area contributed by atoms with Gasteiger partial charge in [-0.2, -0.15) is 0 Å². The van der Waals surface area contributed by atoms with Crippen LogP contribution < -0.4 is 15.4 Å². The molecular weight excluding hydrogens is 382 g/mol. The van der Waals surface area contributed by atoms with Crippen LogP contribution in [0.4, 0.5) is 0 Å². The van der Waals surface area contributed by atoms with Crippen molar-refractivity contribution in [3.05, 3.63) is 52.2 Å². The number of guanidine groups is 1. The van der Waals surface area contributed by atoms with Gasteiger partial charge in [0.15, 0.2) is 5.96 Å². The van der Waals surface area contributed by atoms with Crippen molar-refractivity contribution in [1.82, 2.24) is 10.6 Å². The largest absolute Gasteiger partial charge is 0.497 e. The van der Waals surface area contributed by atoms with E-state index in [1.165, 1.54) is 10.4 Å². The molecule has 3 rings (SSSR count). The summed E-state index contributed by atoms with van der Waals surface area (Å²) in [6, 6.07) is 12.8. The van der Waals surface area contributed by atoms with Crippen molar-refractivity contribution in [2.75, 3.05) is 40.5 Å². The standard InChI is InChI=1S/C23H33N3O2S/c1-22(2,20-6-5-15-29-20)16-25-21(24-3)26-17-23(11-13-28-14-12-23)18-7-9-19(27-4)10-8-18/h5-10,15H,11-14,16-17H2,1-4H3,(H2,24,25,26). The van der Waals surface area contributed by atoms with Crippen molar-refractivity contribution in [2.45, 2.75) is 37.5 Å². The molecule has 0 amide bonds. The molecule has 0 spiro atoms. The van der Waals surface area contributed by atoms with Crippen LogP contribution in [0.1, 0.15) is 37.1 Å². The van der Waals surface area contributed by atoms with Gasteiger partial charge in [0, 0.05) is 49.1 Å². The van der Waals surface area contributed by atoms with E-state index in [1.807, 2.05) is 19.2 Å². The Labute approximate surface area is 178 Å². The third-order valence-electron chi connectivity index (χ3n) is 5.86. The first-order chi connectivity index (χ1) is 14.0. The van der Waals surface area contributed by atoms with E-state index in [0.717, 1.165) is 50.9 Å². The number of methoxy groups -OCH3 is 1. The number of hydrogen-bond acceptors (Lipinski definition) is 4. The van der Waals surface area contributed by atoms with Crippen LogP contribution in [-0.4, -0.2) is 46.4 Å². The molecular formula is C23H33N3O2S. The highest BCUT2D eigenvalue weighted by molar-refractivity contribution is 7.10. The maximum atomic E-state index is 5.66. The van der Waals surface area contributed by atoms with E-state index >= 15 is 0 Å². The highest BCUT2D eigenvalue weighted by Gasteiger charge is 2.35. The van der Waals surface area contributed by atoms with Gasteiger partial charge in [-0.15, -0.1) is 11.3 Å². The molecule has 0 unspecified atom stereocenters. The molecule has 1 aliphatic rings. The van der Waals surface area contributed by atoms with Gasteiger partial charge in [-0.3, -0.25) is 4.99 Å². The summed E-state index contributed by atoms with van der Waals surface area (Å²) in [5, 5.41) is 9.23. The van der Waals surface area contributed by atoms with E-state index in [0.29, 0.717) is 0 Å². The number of aliphatic imine (C=N–C) groups is 1. The summed E-state index contributed by atoms with van der Waals surface area (Å²) in [5.41, 5.74) is 1.41. The molecule has 6 heteroatoms. The van der Waals surface area contributed by atoms with Crippen LogP contribution in [0.15, 0.2) is 46.8 Å². The highest BCUT2D eigenvalue weighted by atomic mass is 32.1. The molecule has 1 aromatic carbocycles. The predicted molar refractivity (Wildman–Crippen MR) is 121 cm³/mol. The minimum atomic E-state index is 0.0331. The number of thiophene rings is 1. The van der Waals surface area contributed by atoms with Crippen LogP contribution in [0.2, 0.25) is 0 Å². The van der Waals surface area contributed by atoms with Crippen LogP contribution in [-0.2, 0) is 15.6 Å². The lowest BCUT2D eigenvalue weighted by atomic mass is 9.74. The topological polar surface area (TPSA) is 54.9 Å². The van der Waals surface area contributed by atoms with Gasteiger partial charge in [0.25, 0.3) is 0 Å². The molecule has 2 aromatic rings. The van der Waals surface area contributed by atoms with Gasteiger partial charge in [0.2, 0.25) is 0 Å². The Kier molecular flexibility index (Phi) is 7.19. The quantitative estimate of drug-likeness (QED) is 0.531. The Hall–Kier alpha value is -2.05. The van der Waals surface area contributed by atoms with E-state index in [9.17, 15) is 0 Å². The summed E-state index contributed by atoms with van der Waals surface area (Å²) in [5.74, 6) is 1.73. The van der Waals surface area contributed by atoms with Crippen LogP contribution in [0, 0.1) is 0 Å². The maximum Gasteiger partial charge on any atom is 0.191 e. The van der Waals surface area contributed by atoms with Gasteiger partial charge >= 0.3 is 0 Å². The minimum absolute atomic E-state index is 0.0331. The Morgan fingerprint density at radius 1 is 1.17 bits per heavy atom. The van der Waals surface area contributed by atoms with Gasteiger partial charge in [0.05, 0.1) is 7.11 Å². The normalized spacial score (nSPS) is 17.0. The number of hydrogen-bond donors (Lipinski definition) is 2. The van der Waals surface area contributed by atoms with Crippen molar-refractivity contribution < 1.29 is 9.47 Å². The molecule has 1 saturated heterocycles. The monoisotopic (exact) mass is 415 g/mol. The molecule has 0 atom stereocenters. The molecule has 1 aliphatic heterocycles. The SMILES string of the molecule is CN=C(NCC(C)(C)c1cccs1)NCC1(c2ccc(OC)cc2)CCOCC1. The maximum absolute atomic E-state index is 5.66. The average molecular weight is 416 g/mol. The zero-order chi connectivity index (χ0) is 20.7. The second-order valence-corrected chi connectivity index (χ2v) is 9.21. The van der Waals surface area contributed by atoms with E-state index in [1.54, 1.807) is 18.4 Å². The zero-order valence-electron chi connectivity index (χ0n) is 18.0. The fourth-order valence-electron chi connectivity index (χ4n) is 3.80. The summed E-state index contributed by atoms with van der Waals surface area (Å²) in [4.78, 5) is 5.83. The van der Waals surface area contributed by atoms with Gasteiger partial charge in [0.1, 0.15) is 5.75 Å². The summed E-state index contributed by atoms with van der Waals surface area (Å²) in [6.07, 6.45) is 1.98. The molecule has 0 bridgehead atoms. The molecule has 0 radical (unpaired) electrons. The highest BCUT2D eigenvalue weighted by Crippen LogP contribution is 2.35. The van der Waals surface area contributed by atoms with E-state index in [2.05, 4.69) is 59.1 Å². The Bertz CT molecular complexity index is 779. The number of nitrogens with zero attached hydrogens (tertiary/aromatic N) is 1. The number of benzene rings is 1. The van der Waals surface area contributed by atoms with E-state index in [-0.39, 0.29) is 10.8 Å². The van der Waals surface area contributed by atoms with Crippen LogP contribution in [0.5, 0.6) is 5.75 Å². The fraction of sp³-hybridized carbons (Fsp3) is 0.522. The third kappa shape index (κ3) is 5.31.